The van der Waals surface area contributed by atoms with E-state index in [4.69, 9.17) is 4.55 Å². The highest BCUT2D eigenvalue weighted by Gasteiger charge is 2.29. The Morgan fingerprint density at radius 3 is 2.33 bits per heavy atom. The van der Waals surface area contributed by atoms with Gasteiger partial charge in [-0.2, -0.15) is 8.42 Å². The van der Waals surface area contributed by atoms with E-state index in [1.807, 2.05) is 13.0 Å². The number of allylic oxidation sites excluding steroid dienone is 2. The van der Waals surface area contributed by atoms with Crippen LogP contribution < -0.4 is 0 Å². The van der Waals surface area contributed by atoms with E-state index >= 15 is 0 Å². The van der Waals surface area contributed by atoms with Crippen LogP contribution in [0, 0.1) is 0 Å². The molecule has 0 heterocycles. The van der Waals surface area contributed by atoms with Crippen molar-refractivity contribution in [3.05, 3.63) is 23.3 Å². The first-order valence-electron chi connectivity index (χ1n) is 5.37. The molecule has 1 aliphatic rings. The average molecular weight is 230 g/mol. The van der Waals surface area contributed by atoms with Crippen molar-refractivity contribution in [1.29, 1.82) is 0 Å². The summed E-state index contributed by atoms with van der Waals surface area (Å²) in [4.78, 5) is 0. The Morgan fingerprint density at radius 2 is 1.87 bits per heavy atom. The Kier molecular flexibility index (Phi) is 4.11. The van der Waals surface area contributed by atoms with Crippen LogP contribution in [-0.4, -0.2) is 18.2 Å². The second kappa shape index (κ2) is 4.94. The summed E-state index contributed by atoms with van der Waals surface area (Å²) in [6, 6.07) is 0. The Balaban J connectivity index is 2.99. The molecule has 0 amide bonds. The molecule has 0 aliphatic heterocycles. The molecule has 0 fully saturated rings. The lowest BCUT2D eigenvalue weighted by Crippen LogP contribution is -2.19. The maximum Gasteiger partial charge on any atom is 0.275 e. The van der Waals surface area contributed by atoms with Crippen molar-refractivity contribution in [3.8, 4) is 0 Å². The molecule has 0 spiro atoms. The Bertz CT molecular complexity index is 377. The minimum absolute atomic E-state index is 0.743. The van der Waals surface area contributed by atoms with Crippen molar-refractivity contribution >= 4 is 10.1 Å². The van der Waals surface area contributed by atoms with E-state index in [1.54, 1.807) is 6.08 Å². The van der Waals surface area contributed by atoms with Gasteiger partial charge in [-0.15, -0.1) is 0 Å². The van der Waals surface area contributed by atoms with Crippen molar-refractivity contribution in [2.45, 2.75) is 44.8 Å². The fourth-order valence-corrected chi connectivity index (χ4v) is 2.88. The van der Waals surface area contributed by atoms with Crippen LogP contribution >= 0.6 is 0 Å². The van der Waals surface area contributed by atoms with Gasteiger partial charge in [-0.05, 0) is 24.0 Å². The standard InChI is InChI=1S/C11H18O3S/c1-3-5-9-7-8-11(15(12,13)14)10(9)6-4-2/h7-8,11H,3-6H2,1-2H3,(H,12,13,14). The molecule has 0 saturated heterocycles. The van der Waals surface area contributed by atoms with Gasteiger partial charge in [-0.1, -0.05) is 38.8 Å². The fourth-order valence-electron chi connectivity index (χ4n) is 1.97. The summed E-state index contributed by atoms with van der Waals surface area (Å²) >= 11 is 0. The largest absolute Gasteiger partial charge is 0.285 e. The first-order valence-corrected chi connectivity index (χ1v) is 6.87. The number of hydrogen-bond donors (Lipinski definition) is 1. The highest BCUT2D eigenvalue weighted by molar-refractivity contribution is 7.86. The molecule has 4 heteroatoms. The average Bonchev–Trinajstić information content (AvgIpc) is 2.49. The molecule has 0 saturated carbocycles. The quantitative estimate of drug-likeness (QED) is 0.739. The van der Waals surface area contributed by atoms with Gasteiger partial charge < -0.3 is 0 Å². The number of rotatable bonds is 5. The summed E-state index contributed by atoms with van der Waals surface area (Å²) in [6.07, 6.45) is 6.95. The zero-order valence-corrected chi connectivity index (χ0v) is 10.0. The van der Waals surface area contributed by atoms with Crippen molar-refractivity contribution in [1.82, 2.24) is 0 Å². The van der Waals surface area contributed by atoms with Gasteiger partial charge in [-0.25, -0.2) is 0 Å². The lowest BCUT2D eigenvalue weighted by Gasteiger charge is -2.12. The van der Waals surface area contributed by atoms with Crippen molar-refractivity contribution in [2.24, 2.45) is 0 Å². The molecule has 0 aromatic carbocycles. The first kappa shape index (κ1) is 12.5. The van der Waals surface area contributed by atoms with Crippen molar-refractivity contribution in [2.75, 3.05) is 0 Å². The summed E-state index contributed by atoms with van der Waals surface area (Å²) in [5.41, 5.74) is 1.96. The zero-order valence-electron chi connectivity index (χ0n) is 9.23. The topological polar surface area (TPSA) is 54.4 Å². The normalized spacial score (nSPS) is 21.4. The first-order chi connectivity index (χ1) is 7.00. The van der Waals surface area contributed by atoms with E-state index in [-0.39, 0.29) is 0 Å². The second-order valence-electron chi connectivity index (χ2n) is 3.85. The van der Waals surface area contributed by atoms with Gasteiger partial charge >= 0.3 is 0 Å². The van der Waals surface area contributed by atoms with Gasteiger partial charge in [0.1, 0.15) is 5.25 Å². The van der Waals surface area contributed by atoms with E-state index in [0.29, 0.717) is 0 Å². The lowest BCUT2D eigenvalue weighted by molar-refractivity contribution is 0.478. The third kappa shape index (κ3) is 2.92. The lowest BCUT2D eigenvalue weighted by atomic mass is 10.0. The summed E-state index contributed by atoms with van der Waals surface area (Å²) < 4.78 is 31.4. The maximum atomic E-state index is 11.1. The summed E-state index contributed by atoms with van der Waals surface area (Å²) in [7, 11) is -3.97. The molecule has 1 atom stereocenters. The minimum atomic E-state index is -3.97. The van der Waals surface area contributed by atoms with Gasteiger partial charge in [0.05, 0.1) is 0 Å². The second-order valence-corrected chi connectivity index (χ2v) is 5.38. The van der Waals surface area contributed by atoms with Crippen LogP contribution in [0.5, 0.6) is 0 Å². The highest BCUT2D eigenvalue weighted by Crippen LogP contribution is 2.30. The highest BCUT2D eigenvalue weighted by atomic mass is 32.2. The van der Waals surface area contributed by atoms with Gasteiger partial charge in [-0.3, -0.25) is 4.55 Å². The molecule has 1 rings (SSSR count). The predicted octanol–water partition coefficient (Wildman–Crippen LogP) is 2.71. The van der Waals surface area contributed by atoms with Crippen molar-refractivity contribution < 1.29 is 13.0 Å². The van der Waals surface area contributed by atoms with Crippen LogP contribution in [0.15, 0.2) is 23.3 Å². The molecule has 1 N–H and O–H groups in total. The molecule has 0 bridgehead atoms. The van der Waals surface area contributed by atoms with Crippen LogP contribution in [0.2, 0.25) is 0 Å². The van der Waals surface area contributed by atoms with Crippen LogP contribution in [-0.2, 0) is 10.1 Å². The molecule has 1 unspecified atom stereocenters. The van der Waals surface area contributed by atoms with E-state index < -0.39 is 15.4 Å². The third-order valence-electron chi connectivity index (χ3n) is 2.59. The Labute approximate surface area is 91.6 Å². The Morgan fingerprint density at radius 1 is 1.27 bits per heavy atom. The van der Waals surface area contributed by atoms with Crippen LogP contribution in [0.25, 0.3) is 0 Å². The maximum absolute atomic E-state index is 11.1. The number of hydrogen-bond acceptors (Lipinski definition) is 2. The van der Waals surface area contributed by atoms with Gasteiger partial charge in [0.15, 0.2) is 0 Å². The monoisotopic (exact) mass is 230 g/mol. The van der Waals surface area contributed by atoms with E-state index in [2.05, 4.69) is 6.92 Å². The Hall–Kier alpha value is -0.610. The molecule has 0 aromatic rings. The summed E-state index contributed by atoms with van der Waals surface area (Å²) in [5, 5.41) is -0.793. The van der Waals surface area contributed by atoms with Gasteiger partial charge in [0.2, 0.25) is 0 Å². The smallest absolute Gasteiger partial charge is 0.275 e. The third-order valence-corrected chi connectivity index (χ3v) is 3.67. The van der Waals surface area contributed by atoms with Crippen LogP contribution in [0.3, 0.4) is 0 Å². The van der Waals surface area contributed by atoms with Gasteiger partial charge in [0.25, 0.3) is 10.1 Å². The van der Waals surface area contributed by atoms with Crippen molar-refractivity contribution in [3.63, 3.8) is 0 Å². The minimum Gasteiger partial charge on any atom is -0.285 e. The molecule has 3 nitrogen and oxygen atoms in total. The molecule has 0 aromatic heterocycles. The molecular formula is C11H18O3S. The fraction of sp³-hybridized carbons (Fsp3) is 0.636. The SMILES string of the molecule is CCCC1=C(CCC)C(S(=O)(=O)O)C=C1. The predicted molar refractivity (Wildman–Crippen MR) is 61.3 cm³/mol. The molecule has 15 heavy (non-hydrogen) atoms. The van der Waals surface area contributed by atoms with E-state index in [9.17, 15) is 8.42 Å². The van der Waals surface area contributed by atoms with Crippen LogP contribution in [0.1, 0.15) is 39.5 Å². The van der Waals surface area contributed by atoms with Crippen LogP contribution in [0.4, 0.5) is 0 Å². The van der Waals surface area contributed by atoms with E-state index in [1.165, 1.54) is 0 Å². The van der Waals surface area contributed by atoms with Gasteiger partial charge in [0, 0.05) is 0 Å². The summed E-state index contributed by atoms with van der Waals surface area (Å²) in [6.45, 7) is 4.07. The zero-order chi connectivity index (χ0) is 11.5. The summed E-state index contributed by atoms with van der Waals surface area (Å²) in [5.74, 6) is 0. The van der Waals surface area contributed by atoms with E-state index in [0.717, 1.165) is 36.8 Å². The molecule has 1 aliphatic carbocycles. The molecule has 0 radical (unpaired) electrons. The molecule has 86 valence electrons. The molecular weight excluding hydrogens is 212 g/mol.